The van der Waals surface area contributed by atoms with Gasteiger partial charge in [0.25, 0.3) is 0 Å². The third-order valence-electron chi connectivity index (χ3n) is 3.23. The van der Waals surface area contributed by atoms with Crippen molar-refractivity contribution < 1.29 is 9.63 Å². The molecule has 1 unspecified atom stereocenters. The Morgan fingerprint density at radius 2 is 2.22 bits per heavy atom. The van der Waals surface area contributed by atoms with Crippen molar-refractivity contribution >= 4 is 11.8 Å². The van der Waals surface area contributed by atoms with E-state index in [2.05, 4.69) is 10.1 Å². The van der Waals surface area contributed by atoms with Gasteiger partial charge in [-0.25, -0.2) is 0 Å². The predicted molar refractivity (Wildman–Crippen MR) is 71.2 cm³/mol. The fraction of sp³-hybridized carbons (Fsp3) is 0.833. The summed E-state index contributed by atoms with van der Waals surface area (Å²) in [7, 11) is 0. The highest BCUT2D eigenvalue weighted by Crippen LogP contribution is 2.31. The van der Waals surface area contributed by atoms with Crippen molar-refractivity contribution in [2.24, 2.45) is 5.73 Å². The lowest BCUT2D eigenvalue weighted by Gasteiger charge is -2.17. The van der Waals surface area contributed by atoms with Crippen LogP contribution < -0.4 is 5.73 Å². The zero-order chi connectivity index (χ0) is 13.0. The maximum Gasteiger partial charge on any atom is 0.229 e. The predicted octanol–water partition coefficient (Wildman–Crippen LogP) is 1.50. The van der Waals surface area contributed by atoms with Gasteiger partial charge in [0, 0.05) is 11.8 Å². The molecule has 1 fully saturated rings. The Kier molecular flexibility index (Phi) is 4.64. The van der Waals surface area contributed by atoms with Crippen LogP contribution in [0.5, 0.6) is 0 Å². The van der Waals surface area contributed by atoms with Crippen LogP contribution in [0.2, 0.25) is 0 Å². The number of hydrogen-bond donors (Lipinski definition) is 2. The zero-order valence-corrected chi connectivity index (χ0v) is 11.6. The van der Waals surface area contributed by atoms with Gasteiger partial charge in [-0.1, -0.05) is 18.0 Å². The second-order valence-corrected chi connectivity index (χ2v) is 6.49. The van der Waals surface area contributed by atoms with Crippen LogP contribution in [0.25, 0.3) is 0 Å². The van der Waals surface area contributed by atoms with Gasteiger partial charge in [-0.15, -0.1) is 0 Å². The molecule has 102 valence electrons. The molecule has 1 aromatic heterocycles. The zero-order valence-electron chi connectivity index (χ0n) is 10.8. The van der Waals surface area contributed by atoms with E-state index in [-0.39, 0.29) is 6.54 Å². The van der Waals surface area contributed by atoms with Crippen molar-refractivity contribution in [3.63, 3.8) is 0 Å². The number of rotatable bonds is 6. The van der Waals surface area contributed by atoms with Gasteiger partial charge < -0.3 is 15.4 Å². The number of aliphatic hydroxyl groups is 1. The molecule has 0 aliphatic heterocycles. The Morgan fingerprint density at radius 1 is 1.50 bits per heavy atom. The van der Waals surface area contributed by atoms with E-state index in [1.54, 1.807) is 6.92 Å². The van der Waals surface area contributed by atoms with Crippen LogP contribution in [0.15, 0.2) is 4.52 Å². The number of thioether (sulfide) groups is 1. The molecule has 3 N–H and O–H groups in total. The first-order chi connectivity index (χ1) is 8.59. The fourth-order valence-corrected chi connectivity index (χ4v) is 3.23. The summed E-state index contributed by atoms with van der Waals surface area (Å²) in [5.74, 6) is 1.97. The summed E-state index contributed by atoms with van der Waals surface area (Å²) in [4.78, 5) is 4.29. The number of aromatic nitrogens is 2. The second-order valence-electron chi connectivity index (χ2n) is 5.20. The summed E-state index contributed by atoms with van der Waals surface area (Å²) >= 11 is 1.90. The summed E-state index contributed by atoms with van der Waals surface area (Å²) in [5, 5.41) is 14.5. The highest BCUT2D eigenvalue weighted by atomic mass is 32.2. The Hall–Kier alpha value is -0.590. The Labute approximate surface area is 112 Å². The summed E-state index contributed by atoms with van der Waals surface area (Å²) in [6, 6.07) is 0. The van der Waals surface area contributed by atoms with Gasteiger partial charge in [0.2, 0.25) is 5.89 Å². The monoisotopic (exact) mass is 271 g/mol. The summed E-state index contributed by atoms with van der Waals surface area (Å²) in [5.41, 5.74) is 4.49. The van der Waals surface area contributed by atoms with E-state index in [0.717, 1.165) is 16.8 Å². The van der Waals surface area contributed by atoms with Crippen LogP contribution in [0.1, 0.15) is 44.3 Å². The standard InChI is InChI=1S/C12H21N3O2S/c1-12(16,8-13)6-11-14-10(15-17-11)7-18-9-4-2-3-5-9/h9,16H,2-8,13H2,1H3. The summed E-state index contributed by atoms with van der Waals surface area (Å²) in [6.45, 7) is 1.85. The Bertz CT molecular complexity index is 375. The van der Waals surface area contributed by atoms with Gasteiger partial charge in [0.1, 0.15) is 0 Å². The molecule has 0 aromatic carbocycles. The van der Waals surface area contributed by atoms with E-state index >= 15 is 0 Å². The third kappa shape index (κ3) is 3.96. The molecule has 0 saturated heterocycles. The molecule has 1 saturated carbocycles. The largest absolute Gasteiger partial charge is 0.388 e. The van der Waals surface area contributed by atoms with Crippen LogP contribution >= 0.6 is 11.8 Å². The second kappa shape index (κ2) is 6.04. The fourth-order valence-electron chi connectivity index (χ4n) is 2.07. The molecule has 1 aliphatic rings. The molecular weight excluding hydrogens is 250 g/mol. The highest BCUT2D eigenvalue weighted by Gasteiger charge is 2.23. The Morgan fingerprint density at radius 3 is 2.89 bits per heavy atom. The van der Waals surface area contributed by atoms with Crippen molar-refractivity contribution in [1.29, 1.82) is 0 Å². The van der Waals surface area contributed by atoms with E-state index in [4.69, 9.17) is 10.3 Å². The van der Waals surface area contributed by atoms with E-state index in [1.165, 1.54) is 25.7 Å². The van der Waals surface area contributed by atoms with Crippen molar-refractivity contribution in [2.75, 3.05) is 6.54 Å². The molecule has 1 atom stereocenters. The molecule has 2 rings (SSSR count). The summed E-state index contributed by atoms with van der Waals surface area (Å²) < 4.78 is 5.13. The SMILES string of the molecule is CC(O)(CN)Cc1nc(CSC2CCCC2)no1. The van der Waals surface area contributed by atoms with Crippen LogP contribution in [0.4, 0.5) is 0 Å². The van der Waals surface area contributed by atoms with Gasteiger partial charge in [0.15, 0.2) is 5.82 Å². The topological polar surface area (TPSA) is 85.2 Å². The third-order valence-corrected chi connectivity index (χ3v) is 4.60. The molecular formula is C12H21N3O2S. The van der Waals surface area contributed by atoms with Gasteiger partial charge >= 0.3 is 0 Å². The maximum atomic E-state index is 9.83. The molecule has 0 spiro atoms. The average molecular weight is 271 g/mol. The molecule has 6 heteroatoms. The molecule has 5 nitrogen and oxygen atoms in total. The van der Waals surface area contributed by atoms with Crippen molar-refractivity contribution in [3.05, 3.63) is 11.7 Å². The molecule has 0 amide bonds. The summed E-state index contributed by atoms with van der Waals surface area (Å²) in [6.07, 6.45) is 5.60. The number of hydrogen-bond acceptors (Lipinski definition) is 6. The van der Waals surface area contributed by atoms with Gasteiger partial charge in [-0.3, -0.25) is 0 Å². The minimum atomic E-state index is -0.970. The lowest BCUT2D eigenvalue weighted by atomic mass is 10.0. The van der Waals surface area contributed by atoms with E-state index in [0.29, 0.717) is 12.3 Å². The Balaban J connectivity index is 1.82. The minimum absolute atomic E-state index is 0.182. The number of nitrogens with zero attached hydrogens (tertiary/aromatic N) is 2. The minimum Gasteiger partial charge on any atom is -0.388 e. The lowest BCUT2D eigenvalue weighted by molar-refractivity contribution is 0.0610. The molecule has 1 heterocycles. The van der Waals surface area contributed by atoms with Crippen molar-refractivity contribution in [2.45, 2.75) is 55.6 Å². The smallest absolute Gasteiger partial charge is 0.229 e. The lowest BCUT2D eigenvalue weighted by Crippen LogP contribution is -2.36. The van der Waals surface area contributed by atoms with E-state index < -0.39 is 5.60 Å². The van der Waals surface area contributed by atoms with Crippen LogP contribution in [0, 0.1) is 0 Å². The average Bonchev–Trinajstić information content (AvgIpc) is 2.97. The van der Waals surface area contributed by atoms with Crippen LogP contribution in [-0.4, -0.2) is 32.6 Å². The molecule has 1 aliphatic carbocycles. The molecule has 1 aromatic rings. The van der Waals surface area contributed by atoms with Crippen molar-refractivity contribution in [3.8, 4) is 0 Å². The van der Waals surface area contributed by atoms with Crippen LogP contribution in [-0.2, 0) is 12.2 Å². The molecule has 18 heavy (non-hydrogen) atoms. The van der Waals surface area contributed by atoms with Crippen LogP contribution in [0.3, 0.4) is 0 Å². The first-order valence-electron chi connectivity index (χ1n) is 6.44. The van der Waals surface area contributed by atoms with Gasteiger partial charge in [-0.05, 0) is 19.8 Å². The highest BCUT2D eigenvalue weighted by molar-refractivity contribution is 7.99. The van der Waals surface area contributed by atoms with E-state index in [9.17, 15) is 5.11 Å². The van der Waals surface area contributed by atoms with E-state index in [1.807, 2.05) is 11.8 Å². The number of nitrogens with two attached hydrogens (primary N) is 1. The van der Waals surface area contributed by atoms with Gasteiger partial charge in [0.05, 0.1) is 17.8 Å². The normalized spacial score (nSPS) is 20.2. The maximum absolute atomic E-state index is 9.83. The van der Waals surface area contributed by atoms with Gasteiger partial charge in [-0.2, -0.15) is 16.7 Å². The van der Waals surface area contributed by atoms with Crippen molar-refractivity contribution in [1.82, 2.24) is 10.1 Å². The first-order valence-corrected chi connectivity index (χ1v) is 7.49. The first kappa shape index (κ1) is 13.8. The quantitative estimate of drug-likeness (QED) is 0.815. The molecule has 0 bridgehead atoms. The molecule has 0 radical (unpaired) electrons.